The highest BCUT2D eigenvalue weighted by atomic mass is 19.4. The molecule has 0 aliphatic rings. The van der Waals surface area contributed by atoms with Gasteiger partial charge in [-0.3, -0.25) is 24.0 Å². The number of rotatable bonds is 19. The van der Waals surface area contributed by atoms with Crippen LogP contribution in [0.4, 0.5) is 18.0 Å². The molecule has 254 valence electrons. The zero-order chi connectivity index (χ0) is 34.6. The van der Waals surface area contributed by atoms with Crippen LogP contribution in [0.3, 0.4) is 0 Å². The van der Waals surface area contributed by atoms with E-state index in [1.165, 1.54) is 0 Å². The SMILES string of the molecule is CC[C@H](C)[C@H](NC(=O)[C@H](CC(=O)O)NC(=O)[C@@H](N)CCCCN)C(=O)N[C@@H](CCCNC(N)=O)C(N)=O.O=C(O)C(F)(F)F. The van der Waals surface area contributed by atoms with E-state index in [0.29, 0.717) is 32.2 Å². The summed E-state index contributed by atoms with van der Waals surface area (Å²) in [6, 6.07) is -5.44. The molecule has 44 heavy (non-hydrogen) atoms. The number of primary amides is 2. The molecule has 0 fully saturated rings. The number of aliphatic carboxylic acids is 2. The number of carbonyl (C=O) groups excluding carboxylic acids is 5. The van der Waals surface area contributed by atoms with Gasteiger partial charge in [0.15, 0.2) is 0 Å². The number of unbranched alkanes of at least 4 members (excludes halogenated alkanes) is 1. The molecule has 0 saturated carbocycles. The molecular weight excluding hydrogens is 601 g/mol. The first-order valence-electron chi connectivity index (χ1n) is 13.5. The van der Waals surface area contributed by atoms with Gasteiger partial charge in [0.1, 0.15) is 18.1 Å². The molecule has 20 heteroatoms. The van der Waals surface area contributed by atoms with Crippen molar-refractivity contribution in [2.24, 2.45) is 28.9 Å². The average molecular weight is 645 g/mol. The number of halogens is 3. The van der Waals surface area contributed by atoms with Gasteiger partial charge in [0.05, 0.1) is 12.5 Å². The highest BCUT2D eigenvalue weighted by Crippen LogP contribution is 2.13. The molecule has 0 spiro atoms. The molecule has 0 bridgehead atoms. The molecule has 0 unspecified atom stereocenters. The van der Waals surface area contributed by atoms with E-state index in [1.54, 1.807) is 13.8 Å². The standard InChI is InChI=1S/C22H42N8O7.C2HF3O2/c1-3-12(2)17(21(36)28-14(18(25)33)8-6-10-27-22(26)37)30-20(35)15(11-16(31)32)29-19(34)13(24)7-4-5-9-23;3-2(4,5)1(6)7/h12-15,17H,3-11,23-24H2,1-2H3,(H2,25,33)(H,28,36)(H,29,34)(H,30,35)(H,31,32)(H3,26,27,37);(H,6,7)/t12-,13-,14-,15-,17-;/m0./s1. The summed E-state index contributed by atoms with van der Waals surface area (Å²) in [5.41, 5.74) is 21.6. The van der Waals surface area contributed by atoms with Crippen molar-refractivity contribution in [3.05, 3.63) is 0 Å². The van der Waals surface area contributed by atoms with E-state index in [4.69, 9.17) is 32.8 Å². The van der Waals surface area contributed by atoms with Gasteiger partial charge in [0.25, 0.3) is 0 Å². The first kappa shape index (κ1) is 41.9. The Balaban J connectivity index is 0. The van der Waals surface area contributed by atoms with E-state index in [9.17, 15) is 47.0 Å². The van der Waals surface area contributed by atoms with Crippen LogP contribution in [0.5, 0.6) is 0 Å². The molecule has 0 aromatic rings. The highest BCUT2D eigenvalue weighted by molar-refractivity contribution is 5.96. The molecule has 0 aromatic heterocycles. The van der Waals surface area contributed by atoms with Gasteiger partial charge in [0.2, 0.25) is 23.6 Å². The molecule has 0 heterocycles. The second-order valence-corrected chi connectivity index (χ2v) is 9.62. The maximum atomic E-state index is 13.0. The topological polar surface area (TPSA) is 312 Å². The van der Waals surface area contributed by atoms with Crippen LogP contribution in [0, 0.1) is 5.92 Å². The fraction of sp³-hybridized carbons (Fsp3) is 0.708. The molecule has 0 saturated heterocycles. The highest BCUT2D eigenvalue weighted by Gasteiger charge is 2.38. The Hall–Kier alpha value is -4.20. The van der Waals surface area contributed by atoms with Crippen LogP contribution in [0.25, 0.3) is 0 Å². The number of nitrogens with one attached hydrogen (secondary N) is 4. The lowest BCUT2D eigenvalue weighted by Gasteiger charge is -2.28. The summed E-state index contributed by atoms with van der Waals surface area (Å²) in [5.74, 6) is -7.66. The van der Waals surface area contributed by atoms with Crippen molar-refractivity contribution in [1.29, 1.82) is 0 Å². The quantitative estimate of drug-likeness (QED) is 0.0685. The van der Waals surface area contributed by atoms with Gasteiger partial charge >= 0.3 is 24.1 Å². The van der Waals surface area contributed by atoms with Crippen LogP contribution in [0.1, 0.15) is 58.8 Å². The van der Waals surface area contributed by atoms with Crippen molar-refractivity contribution in [3.63, 3.8) is 0 Å². The van der Waals surface area contributed by atoms with Crippen molar-refractivity contribution in [2.45, 2.75) is 89.1 Å². The molecule has 14 N–H and O–H groups in total. The van der Waals surface area contributed by atoms with Crippen LogP contribution < -0.4 is 44.2 Å². The Morgan fingerprint density at radius 2 is 1.36 bits per heavy atom. The monoisotopic (exact) mass is 644 g/mol. The van der Waals surface area contributed by atoms with E-state index in [0.717, 1.165) is 0 Å². The number of hydrogen-bond acceptors (Lipinski definition) is 9. The third-order valence-corrected chi connectivity index (χ3v) is 5.98. The van der Waals surface area contributed by atoms with Crippen LogP contribution in [0.15, 0.2) is 0 Å². The van der Waals surface area contributed by atoms with E-state index in [-0.39, 0.29) is 19.4 Å². The lowest BCUT2D eigenvalue weighted by Crippen LogP contribution is -2.59. The minimum Gasteiger partial charge on any atom is -0.481 e. The van der Waals surface area contributed by atoms with E-state index < -0.39 is 84.3 Å². The number of carboxylic acids is 2. The summed E-state index contributed by atoms with van der Waals surface area (Å²) >= 11 is 0. The summed E-state index contributed by atoms with van der Waals surface area (Å²) in [5, 5.41) is 26.0. The van der Waals surface area contributed by atoms with Crippen molar-refractivity contribution in [2.75, 3.05) is 13.1 Å². The third-order valence-electron chi connectivity index (χ3n) is 5.98. The van der Waals surface area contributed by atoms with E-state index in [2.05, 4.69) is 21.3 Å². The number of alkyl halides is 3. The van der Waals surface area contributed by atoms with Gasteiger partial charge in [-0.15, -0.1) is 0 Å². The number of hydrogen-bond donors (Lipinski definition) is 10. The second kappa shape index (κ2) is 21.5. The smallest absolute Gasteiger partial charge is 0.481 e. The number of urea groups is 1. The Morgan fingerprint density at radius 3 is 1.80 bits per heavy atom. The Bertz CT molecular complexity index is 985. The van der Waals surface area contributed by atoms with Crippen LogP contribution in [-0.4, -0.2) is 95.2 Å². The second-order valence-electron chi connectivity index (χ2n) is 9.62. The molecule has 17 nitrogen and oxygen atoms in total. The number of carboxylic acid groups (broad SMARTS) is 2. The van der Waals surface area contributed by atoms with Gasteiger partial charge in [-0.1, -0.05) is 26.7 Å². The largest absolute Gasteiger partial charge is 0.490 e. The zero-order valence-electron chi connectivity index (χ0n) is 24.4. The normalized spacial score (nSPS) is 14.2. The lowest BCUT2D eigenvalue weighted by molar-refractivity contribution is -0.192. The summed E-state index contributed by atoms with van der Waals surface area (Å²) in [6.45, 7) is 4.04. The van der Waals surface area contributed by atoms with Crippen molar-refractivity contribution in [1.82, 2.24) is 21.3 Å². The zero-order valence-corrected chi connectivity index (χ0v) is 24.4. The van der Waals surface area contributed by atoms with Crippen LogP contribution in [0.2, 0.25) is 0 Å². The molecule has 5 atom stereocenters. The fourth-order valence-electron chi connectivity index (χ4n) is 3.32. The van der Waals surface area contributed by atoms with E-state index in [1.807, 2.05) is 0 Å². The minimum absolute atomic E-state index is 0.0995. The van der Waals surface area contributed by atoms with Crippen LogP contribution >= 0.6 is 0 Å². The van der Waals surface area contributed by atoms with Gasteiger partial charge in [0, 0.05) is 6.54 Å². The summed E-state index contributed by atoms with van der Waals surface area (Å²) in [4.78, 5) is 81.2. The molecular formula is C24H43F3N8O9. The predicted octanol–water partition coefficient (Wildman–Crippen LogP) is -2.01. The number of nitrogens with two attached hydrogens (primary N) is 4. The van der Waals surface area contributed by atoms with Gasteiger partial charge in [-0.25, -0.2) is 9.59 Å². The van der Waals surface area contributed by atoms with Crippen molar-refractivity contribution < 1.29 is 56.9 Å². The Morgan fingerprint density at radius 1 is 0.818 bits per heavy atom. The maximum Gasteiger partial charge on any atom is 0.490 e. The Kier molecular flexibility index (Phi) is 20.5. The molecule has 0 rings (SSSR count). The van der Waals surface area contributed by atoms with Gasteiger partial charge in [-0.05, 0) is 38.1 Å². The first-order valence-corrected chi connectivity index (χ1v) is 13.5. The summed E-state index contributed by atoms with van der Waals surface area (Å²) in [7, 11) is 0. The average Bonchev–Trinajstić information content (AvgIpc) is 2.91. The van der Waals surface area contributed by atoms with Crippen molar-refractivity contribution in [3.8, 4) is 0 Å². The summed E-state index contributed by atoms with van der Waals surface area (Å²) < 4.78 is 31.7. The number of amides is 6. The predicted molar refractivity (Wildman–Crippen MR) is 148 cm³/mol. The molecule has 0 aromatic carbocycles. The Labute approximate surface area is 251 Å². The van der Waals surface area contributed by atoms with E-state index >= 15 is 0 Å². The molecule has 6 amide bonds. The fourth-order valence-corrected chi connectivity index (χ4v) is 3.32. The van der Waals surface area contributed by atoms with Gasteiger partial charge in [-0.2, -0.15) is 13.2 Å². The maximum absolute atomic E-state index is 13.0. The van der Waals surface area contributed by atoms with Crippen molar-refractivity contribution >= 4 is 41.6 Å². The first-order chi connectivity index (χ1) is 20.3. The van der Waals surface area contributed by atoms with Gasteiger partial charge < -0.3 is 54.4 Å². The molecule has 0 radical (unpaired) electrons. The third kappa shape index (κ3) is 19.1. The molecule has 0 aliphatic carbocycles. The minimum atomic E-state index is -5.08. The van der Waals surface area contributed by atoms with Crippen LogP contribution in [-0.2, 0) is 28.8 Å². The number of carbonyl (C=O) groups is 7. The summed E-state index contributed by atoms with van der Waals surface area (Å²) in [6.07, 6.45) is -3.46. The lowest BCUT2D eigenvalue weighted by atomic mass is 9.97. The molecule has 0 aliphatic heterocycles.